The SMILES string of the molecule is CN(C)C(=O)C1(OC(N)=O)CCCN(Cc2ccccc2)C1. The maximum Gasteiger partial charge on any atom is 0.405 e. The number of piperidine rings is 1. The zero-order valence-electron chi connectivity index (χ0n) is 13.1. The summed E-state index contributed by atoms with van der Waals surface area (Å²) in [6, 6.07) is 10.0. The number of rotatable bonds is 4. The van der Waals surface area contributed by atoms with Gasteiger partial charge in [-0.05, 0) is 24.9 Å². The van der Waals surface area contributed by atoms with E-state index >= 15 is 0 Å². The van der Waals surface area contributed by atoms with Crippen molar-refractivity contribution in [3.05, 3.63) is 35.9 Å². The third kappa shape index (κ3) is 3.76. The Kier molecular flexibility index (Phi) is 5.03. The lowest BCUT2D eigenvalue weighted by molar-refractivity contribution is -0.154. The molecule has 2 amide bonds. The van der Waals surface area contributed by atoms with Gasteiger partial charge in [-0.1, -0.05) is 30.3 Å². The summed E-state index contributed by atoms with van der Waals surface area (Å²) >= 11 is 0. The molecule has 1 atom stereocenters. The number of nitrogens with two attached hydrogens (primary N) is 1. The van der Waals surface area contributed by atoms with Crippen LogP contribution in [-0.2, 0) is 16.1 Å². The monoisotopic (exact) mass is 305 g/mol. The minimum absolute atomic E-state index is 0.218. The van der Waals surface area contributed by atoms with Gasteiger partial charge in [-0.2, -0.15) is 0 Å². The molecule has 0 bridgehead atoms. The predicted molar refractivity (Wildman–Crippen MR) is 83.0 cm³/mol. The van der Waals surface area contributed by atoms with Gasteiger partial charge in [-0.3, -0.25) is 9.69 Å². The van der Waals surface area contributed by atoms with E-state index in [2.05, 4.69) is 4.90 Å². The van der Waals surface area contributed by atoms with Gasteiger partial charge in [-0.25, -0.2) is 4.79 Å². The summed E-state index contributed by atoms with van der Waals surface area (Å²) in [6.07, 6.45) is 0.370. The van der Waals surface area contributed by atoms with Gasteiger partial charge in [-0.15, -0.1) is 0 Å². The first-order valence-electron chi connectivity index (χ1n) is 7.39. The van der Waals surface area contributed by atoms with Crippen molar-refractivity contribution >= 4 is 12.0 Å². The number of carbonyl (C=O) groups excluding carboxylic acids is 2. The van der Waals surface area contributed by atoms with Crippen LogP contribution in [0.4, 0.5) is 4.79 Å². The first kappa shape index (κ1) is 16.3. The molecule has 1 saturated heterocycles. The fraction of sp³-hybridized carbons (Fsp3) is 0.500. The van der Waals surface area contributed by atoms with Gasteiger partial charge in [0.25, 0.3) is 5.91 Å². The van der Waals surface area contributed by atoms with Gasteiger partial charge < -0.3 is 15.4 Å². The third-order valence-corrected chi connectivity index (χ3v) is 3.87. The van der Waals surface area contributed by atoms with E-state index in [-0.39, 0.29) is 5.91 Å². The van der Waals surface area contributed by atoms with Crippen LogP contribution in [0, 0.1) is 0 Å². The normalized spacial score (nSPS) is 22.1. The Morgan fingerprint density at radius 3 is 2.59 bits per heavy atom. The van der Waals surface area contributed by atoms with Crippen molar-refractivity contribution in [2.24, 2.45) is 5.73 Å². The summed E-state index contributed by atoms with van der Waals surface area (Å²) < 4.78 is 5.28. The molecule has 2 N–H and O–H groups in total. The molecule has 1 unspecified atom stereocenters. The number of hydrogen-bond donors (Lipinski definition) is 1. The molecule has 0 radical (unpaired) electrons. The molecule has 6 heteroatoms. The highest BCUT2D eigenvalue weighted by Gasteiger charge is 2.46. The number of benzene rings is 1. The fourth-order valence-corrected chi connectivity index (χ4v) is 2.99. The Hall–Kier alpha value is -2.08. The second-order valence-electron chi connectivity index (χ2n) is 5.91. The molecule has 1 heterocycles. The molecule has 1 fully saturated rings. The lowest BCUT2D eigenvalue weighted by atomic mass is 9.90. The molecule has 0 spiro atoms. The van der Waals surface area contributed by atoms with Crippen LogP contribution in [-0.4, -0.2) is 54.6 Å². The van der Waals surface area contributed by atoms with E-state index < -0.39 is 11.7 Å². The van der Waals surface area contributed by atoms with E-state index in [4.69, 9.17) is 10.5 Å². The molecule has 22 heavy (non-hydrogen) atoms. The van der Waals surface area contributed by atoms with Crippen LogP contribution in [0.5, 0.6) is 0 Å². The van der Waals surface area contributed by atoms with Gasteiger partial charge in [0.2, 0.25) is 5.60 Å². The van der Waals surface area contributed by atoms with E-state index in [0.29, 0.717) is 19.5 Å². The highest BCUT2D eigenvalue weighted by atomic mass is 16.6. The smallest absolute Gasteiger partial charge is 0.405 e. The maximum absolute atomic E-state index is 12.5. The number of primary amides is 1. The second-order valence-corrected chi connectivity index (χ2v) is 5.91. The Morgan fingerprint density at radius 2 is 2.00 bits per heavy atom. The van der Waals surface area contributed by atoms with E-state index in [0.717, 1.165) is 18.5 Å². The average molecular weight is 305 g/mol. The summed E-state index contributed by atoms with van der Waals surface area (Å²) in [7, 11) is 3.31. The molecule has 120 valence electrons. The van der Waals surface area contributed by atoms with E-state index in [1.54, 1.807) is 14.1 Å². The van der Waals surface area contributed by atoms with Crippen LogP contribution in [0.1, 0.15) is 18.4 Å². The first-order chi connectivity index (χ1) is 10.4. The number of likely N-dealkylation sites (N-methyl/N-ethyl adjacent to an activating group) is 1. The summed E-state index contributed by atoms with van der Waals surface area (Å²) in [5, 5.41) is 0. The Bertz CT molecular complexity index is 533. The molecular formula is C16H23N3O3. The van der Waals surface area contributed by atoms with E-state index in [1.165, 1.54) is 4.90 Å². The highest BCUT2D eigenvalue weighted by Crippen LogP contribution is 2.28. The summed E-state index contributed by atoms with van der Waals surface area (Å²) in [5.74, 6) is -0.218. The number of carbonyl (C=O) groups is 2. The molecule has 6 nitrogen and oxygen atoms in total. The van der Waals surface area contributed by atoms with Crippen molar-refractivity contribution in [2.75, 3.05) is 27.2 Å². The minimum Gasteiger partial charge on any atom is -0.432 e. The second kappa shape index (κ2) is 6.79. The van der Waals surface area contributed by atoms with Crippen molar-refractivity contribution in [1.82, 2.24) is 9.80 Å². The lowest BCUT2D eigenvalue weighted by Crippen LogP contribution is -2.59. The Balaban J connectivity index is 2.16. The summed E-state index contributed by atoms with van der Waals surface area (Å²) in [5.41, 5.74) is 5.18. The van der Waals surface area contributed by atoms with E-state index in [1.807, 2.05) is 30.3 Å². The van der Waals surface area contributed by atoms with Crippen molar-refractivity contribution in [2.45, 2.75) is 25.0 Å². The van der Waals surface area contributed by atoms with Crippen LogP contribution in [0.25, 0.3) is 0 Å². The topological polar surface area (TPSA) is 75.9 Å². The van der Waals surface area contributed by atoms with Gasteiger partial charge in [0, 0.05) is 27.2 Å². The zero-order chi connectivity index (χ0) is 16.2. The molecule has 0 aromatic heterocycles. The molecule has 0 saturated carbocycles. The summed E-state index contributed by atoms with van der Waals surface area (Å²) in [6.45, 7) is 1.94. The van der Waals surface area contributed by atoms with Gasteiger partial charge in [0.15, 0.2) is 0 Å². The quantitative estimate of drug-likeness (QED) is 0.907. The van der Waals surface area contributed by atoms with Gasteiger partial charge in [0.1, 0.15) is 0 Å². The molecular weight excluding hydrogens is 282 g/mol. The van der Waals surface area contributed by atoms with Crippen LogP contribution in [0.3, 0.4) is 0 Å². The van der Waals surface area contributed by atoms with Crippen LogP contribution < -0.4 is 5.73 Å². The molecule has 1 aliphatic heterocycles. The van der Waals surface area contributed by atoms with Gasteiger partial charge in [0.05, 0.1) is 0 Å². The van der Waals surface area contributed by atoms with Crippen molar-refractivity contribution in [3.63, 3.8) is 0 Å². The number of nitrogens with zero attached hydrogens (tertiary/aromatic N) is 2. The fourth-order valence-electron chi connectivity index (χ4n) is 2.99. The number of hydrogen-bond acceptors (Lipinski definition) is 4. The van der Waals surface area contributed by atoms with Crippen molar-refractivity contribution in [1.29, 1.82) is 0 Å². The lowest BCUT2D eigenvalue weighted by Gasteiger charge is -2.41. The Labute approximate surface area is 130 Å². The number of amides is 2. The largest absolute Gasteiger partial charge is 0.432 e. The molecule has 2 rings (SSSR count). The average Bonchev–Trinajstić information content (AvgIpc) is 2.47. The molecule has 0 aliphatic carbocycles. The standard InChI is InChI=1S/C16H23N3O3/c1-18(2)14(20)16(22-15(17)21)9-6-10-19(12-16)11-13-7-4-3-5-8-13/h3-5,7-8H,6,9-12H2,1-2H3,(H2,17,21). The maximum atomic E-state index is 12.5. The highest BCUT2D eigenvalue weighted by molar-refractivity contribution is 5.87. The Morgan fingerprint density at radius 1 is 1.32 bits per heavy atom. The minimum atomic E-state index is -1.18. The van der Waals surface area contributed by atoms with E-state index in [9.17, 15) is 9.59 Å². The van der Waals surface area contributed by atoms with Crippen LogP contribution >= 0.6 is 0 Å². The number of ether oxygens (including phenoxy) is 1. The molecule has 1 aliphatic rings. The molecule has 1 aromatic rings. The molecule has 1 aromatic carbocycles. The van der Waals surface area contributed by atoms with Crippen LogP contribution in [0.15, 0.2) is 30.3 Å². The summed E-state index contributed by atoms with van der Waals surface area (Å²) in [4.78, 5) is 27.4. The number of likely N-dealkylation sites (tertiary alicyclic amines) is 1. The van der Waals surface area contributed by atoms with Gasteiger partial charge >= 0.3 is 6.09 Å². The first-order valence-corrected chi connectivity index (χ1v) is 7.39. The van der Waals surface area contributed by atoms with Crippen molar-refractivity contribution < 1.29 is 14.3 Å². The van der Waals surface area contributed by atoms with Crippen LogP contribution in [0.2, 0.25) is 0 Å². The zero-order valence-corrected chi connectivity index (χ0v) is 13.1. The third-order valence-electron chi connectivity index (χ3n) is 3.87. The van der Waals surface area contributed by atoms with Crippen molar-refractivity contribution in [3.8, 4) is 0 Å². The predicted octanol–water partition coefficient (Wildman–Crippen LogP) is 1.20.